The lowest BCUT2D eigenvalue weighted by Gasteiger charge is -2.13. The SMILES string of the molecule is CCOC[C@@H](C)OC(=O)Cc1ccc(S(=O)(=O)C(F)F)cc1. The van der Waals surface area contributed by atoms with Crippen LogP contribution in [-0.4, -0.2) is 39.5 Å². The van der Waals surface area contributed by atoms with Gasteiger partial charge in [0.05, 0.1) is 17.9 Å². The van der Waals surface area contributed by atoms with Crippen molar-refractivity contribution in [1.82, 2.24) is 0 Å². The van der Waals surface area contributed by atoms with Crippen molar-refractivity contribution in [2.24, 2.45) is 0 Å². The largest absolute Gasteiger partial charge is 0.460 e. The van der Waals surface area contributed by atoms with Crippen LogP contribution in [0.4, 0.5) is 8.78 Å². The van der Waals surface area contributed by atoms with E-state index < -0.39 is 32.6 Å². The van der Waals surface area contributed by atoms with Gasteiger partial charge in [-0.2, -0.15) is 8.78 Å². The first kappa shape index (κ1) is 18.5. The summed E-state index contributed by atoms with van der Waals surface area (Å²) in [5, 5.41) is 0. The third kappa shape index (κ3) is 5.34. The molecule has 0 radical (unpaired) electrons. The molecule has 0 aromatic heterocycles. The Hall–Kier alpha value is -1.54. The lowest BCUT2D eigenvalue weighted by atomic mass is 10.1. The monoisotopic (exact) mass is 336 g/mol. The van der Waals surface area contributed by atoms with E-state index in [2.05, 4.69) is 0 Å². The Morgan fingerprint density at radius 2 is 1.82 bits per heavy atom. The third-order valence-corrected chi connectivity index (χ3v) is 4.12. The van der Waals surface area contributed by atoms with Crippen molar-refractivity contribution in [3.05, 3.63) is 29.8 Å². The first-order chi connectivity index (χ1) is 10.3. The van der Waals surface area contributed by atoms with Gasteiger partial charge in [-0.1, -0.05) is 12.1 Å². The Kier molecular flexibility index (Phi) is 6.89. The number of esters is 1. The van der Waals surface area contributed by atoms with Crippen LogP contribution >= 0.6 is 0 Å². The first-order valence-corrected chi connectivity index (χ1v) is 8.20. The van der Waals surface area contributed by atoms with E-state index in [-0.39, 0.29) is 13.0 Å². The van der Waals surface area contributed by atoms with Gasteiger partial charge in [-0.05, 0) is 31.5 Å². The van der Waals surface area contributed by atoms with E-state index in [1.807, 2.05) is 6.92 Å². The van der Waals surface area contributed by atoms with Crippen LogP contribution in [0.15, 0.2) is 29.2 Å². The number of carbonyl (C=O) groups is 1. The lowest BCUT2D eigenvalue weighted by Crippen LogP contribution is -2.21. The second-order valence-corrected chi connectivity index (χ2v) is 6.50. The summed E-state index contributed by atoms with van der Waals surface area (Å²) in [5.41, 5.74) is 0.474. The Bertz CT molecular complexity index is 584. The molecule has 0 aliphatic heterocycles. The topological polar surface area (TPSA) is 69.7 Å². The van der Waals surface area contributed by atoms with E-state index in [1.54, 1.807) is 6.92 Å². The molecule has 0 aliphatic carbocycles. The number of alkyl halides is 2. The zero-order valence-electron chi connectivity index (χ0n) is 12.3. The Morgan fingerprint density at radius 3 is 2.32 bits per heavy atom. The minimum atomic E-state index is -4.62. The summed E-state index contributed by atoms with van der Waals surface area (Å²) in [6.45, 7) is 4.31. The van der Waals surface area contributed by atoms with Crippen molar-refractivity contribution in [2.75, 3.05) is 13.2 Å². The Balaban J connectivity index is 2.63. The predicted octanol–water partition coefficient (Wildman–Crippen LogP) is 2.19. The maximum Gasteiger partial charge on any atom is 0.341 e. The van der Waals surface area contributed by atoms with Crippen molar-refractivity contribution in [1.29, 1.82) is 0 Å². The van der Waals surface area contributed by atoms with E-state index in [0.29, 0.717) is 12.2 Å². The van der Waals surface area contributed by atoms with Crippen LogP contribution in [0.1, 0.15) is 19.4 Å². The third-order valence-electron chi connectivity index (χ3n) is 2.72. The zero-order chi connectivity index (χ0) is 16.8. The van der Waals surface area contributed by atoms with E-state index in [1.165, 1.54) is 12.1 Å². The highest BCUT2D eigenvalue weighted by Gasteiger charge is 2.26. The fourth-order valence-electron chi connectivity index (χ4n) is 1.65. The average Bonchev–Trinajstić information content (AvgIpc) is 2.45. The van der Waals surface area contributed by atoms with Crippen molar-refractivity contribution >= 4 is 15.8 Å². The average molecular weight is 336 g/mol. The summed E-state index contributed by atoms with van der Waals surface area (Å²) in [6.07, 6.45) is -0.475. The molecule has 8 heteroatoms. The van der Waals surface area contributed by atoms with Crippen LogP contribution in [0.3, 0.4) is 0 Å². The molecule has 0 saturated heterocycles. The lowest BCUT2D eigenvalue weighted by molar-refractivity contribution is -0.150. The second-order valence-electron chi connectivity index (χ2n) is 4.59. The summed E-state index contributed by atoms with van der Waals surface area (Å²) in [6, 6.07) is 4.72. The fraction of sp³-hybridized carbons (Fsp3) is 0.500. The van der Waals surface area contributed by atoms with Gasteiger partial charge in [-0.15, -0.1) is 0 Å². The molecule has 124 valence electrons. The van der Waals surface area contributed by atoms with Crippen molar-refractivity contribution in [3.8, 4) is 0 Å². The smallest absolute Gasteiger partial charge is 0.341 e. The molecule has 0 spiro atoms. The summed E-state index contributed by atoms with van der Waals surface area (Å²) in [5.74, 6) is -3.97. The van der Waals surface area contributed by atoms with Crippen molar-refractivity contribution < 1.29 is 31.5 Å². The highest BCUT2D eigenvalue weighted by Crippen LogP contribution is 2.18. The fourth-order valence-corrected chi connectivity index (χ4v) is 2.37. The van der Waals surface area contributed by atoms with Crippen LogP contribution in [0.5, 0.6) is 0 Å². The molecular formula is C14H18F2O5S. The van der Waals surface area contributed by atoms with E-state index >= 15 is 0 Å². The standard InChI is InChI=1S/C14H18F2O5S/c1-3-20-9-10(2)21-13(17)8-11-4-6-12(7-5-11)22(18,19)14(15)16/h4-7,10,14H,3,8-9H2,1-2H3/t10-/m1/s1. The maximum absolute atomic E-state index is 12.4. The van der Waals surface area contributed by atoms with Gasteiger partial charge in [-0.25, -0.2) is 8.42 Å². The van der Waals surface area contributed by atoms with Gasteiger partial charge >= 0.3 is 11.7 Å². The minimum absolute atomic E-state index is 0.0779. The molecule has 1 aromatic rings. The molecule has 1 atom stereocenters. The van der Waals surface area contributed by atoms with Gasteiger partial charge in [-0.3, -0.25) is 4.79 Å². The van der Waals surface area contributed by atoms with Crippen LogP contribution in [0.2, 0.25) is 0 Å². The Labute approximate surface area is 128 Å². The van der Waals surface area contributed by atoms with Gasteiger partial charge in [0, 0.05) is 6.61 Å². The molecule has 0 bridgehead atoms. The summed E-state index contributed by atoms with van der Waals surface area (Å²) >= 11 is 0. The molecule has 0 aliphatic rings. The van der Waals surface area contributed by atoms with Gasteiger partial charge in [0.25, 0.3) is 0 Å². The highest BCUT2D eigenvalue weighted by molar-refractivity contribution is 7.91. The summed E-state index contributed by atoms with van der Waals surface area (Å²) in [7, 11) is -4.62. The molecule has 0 fully saturated rings. The molecule has 0 amide bonds. The van der Waals surface area contributed by atoms with E-state index in [9.17, 15) is 22.0 Å². The van der Waals surface area contributed by atoms with Crippen LogP contribution < -0.4 is 0 Å². The Morgan fingerprint density at radius 1 is 1.23 bits per heavy atom. The number of carbonyl (C=O) groups excluding carboxylic acids is 1. The van der Waals surface area contributed by atoms with Gasteiger partial charge < -0.3 is 9.47 Å². The maximum atomic E-state index is 12.4. The van der Waals surface area contributed by atoms with Gasteiger partial charge in [0.15, 0.2) is 0 Å². The minimum Gasteiger partial charge on any atom is -0.460 e. The first-order valence-electron chi connectivity index (χ1n) is 6.65. The molecule has 0 unspecified atom stereocenters. The summed E-state index contributed by atoms with van der Waals surface area (Å²) < 4.78 is 57.5. The molecule has 5 nitrogen and oxygen atoms in total. The van der Waals surface area contributed by atoms with Crippen LogP contribution in [0.25, 0.3) is 0 Å². The molecule has 1 aromatic carbocycles. The number of ether oxygens (including phenoxy) is 2. The van der Waals surface area contributed by atoms with E-state index in [4.69, 9.17) is 9.47 Å². The highest BCUT2D eigenvalue weighted by atomic mass is 32.2. The number of sulfone groups is 1. The number of benzene rings is 1. The van der Waals surface area contributed by atoms with E-state index in [0.717, 1.165) is 12.1 Å². The number of hydrogen-bond donors (Lipinski definition) is 0. The number of halogens is 2. The zero-order valence-corrected chi connectivity index (χ0v) is 13.1. The second kappa shape index (κ2) is 8.19. The normalized spacial score (nSPS) is 13.1. The van der Waals surface area contributed by atoms with Gasteiger partial charge in [0.1, 0.15) is 6.10 Å². The molecular weight excluding hydrogens is 318 g/mol. The molecule has 1 rings (SSSR count). The van der Waals surface area contributed by atoms with Crippen molar-refractivity contribution in [2.45, 2.75) is 37.0 Å². The molecule has 0 heterocycles. The van der Waals surface area contributed by atoms with Crippen LogP contribution in [0, 0.1) is 0 Å². The number of rotatable bonds is 8. The molecule has 22 heavy (non-hydrogen) atoms. The van der Waals surface area contributed by atoms with Crippen LogP contribution in [-0.2, 0) is 30.5 Å². The predicted molar refractivity (Wildman–Crippen MR) is 75.4 cm³/mol. The molecule has 0 N–H and O–H groups in total. The molecule has 0 saturated carbocycles. The quantitative estimate of drug-likeness (QED) is 0.681. The van der Waals surface area contributed by atoms with Gasteiger partial charge in [0.2, 0.25) is 9.84 Å². The number of hydrogen-bond acceptors (Lipinski definition) is 5. The van der Waals surface area contributed by atoms with Crippen molar-refractivity contribution in [3.63, 3.8) is 0 Å². The summed E-state index contributed by atoms with van der Waals surface area (Å²) in [4.78, 5) is 11.2.